The Hall–Kier alpha value is -1.94. The Kier molecular flexibility index (Phi) is 4.69. The Bertz CT molecular complexity index is 520. The first-order valence-corrected chi connectivity index (χ1v) is 6.55. The largest absolute Gasteiger partial charge is 0.372 e. The lowest BCUT2D eigenvalue weighted by Gasteiger charge is -2.22. The predicted octanol–water partition coefficient (Wildman–Crippen LogP) is 3.49. The van der Waals surface area contributed by atoms with Crippen LogP contribution in [0.1, 0.15) is 18.0 Å². The first-order valence-electron chi connectivity index (χ1n) is 6.55. The van der Waals surface area contributed by atoms with E-state index in [2.05, 4.69) is 0 Å². The third kappa shape index (κ3) is 3.33. The highest BCUT2D eigenvalue weighted by Crippen LogP contribution is 2.21. The summed E-state index contributed by atoms with van der Waals surface area (Å²) in [6.07, 6.45) is 0.547. The Labute approximate surface area is 117 Å². The molecule has 0 aromatic heterocycles. The molecule has 0 saturated carbocycles. The van der Waals surface area contributed by atoms with E-state index >= 15 is 0 Å². The smallest absolute Gasteiger partial charge is 0.146 e. The lowest BCUT2D eigenvalue weighted by atomic mass is 10.0. The normalized spacial score (nSPS) is 12.2. The van der Waals surface area contributed by atoms with Crippen LogP contribution in [0, 0.1) is 11.6 Å². The number of para-hydroxylation sites is 1. The second-order valence-corrected chi connectivity index (χ2v) is 4.79. The number of nitrogens with two attached hydrogens (primary N) is 1. The van der Waals surface area contributed by atoms with E-state index in [0.717, 1.165) is 0 Å². The minimum atomic E-state index is -0.398. The van der Waals surface area contributed by atoms with Gasteiger partial charge in [0.2, 0.25) is 0 Å². The lowest BCUT2D eigenvalue weighted by molar-refractivity contribution is 0.560. The van der Waals surface area contributed by atoms with Gasteiger partial charge in [-0.3, -0.25) is 0 Å². The molecule has 0 heterocycles. The van der Waals surface area contributed by atoms with Crippen molar-refractivity contribution in [2.75, 3.05) is 18.5 Å². The van der Waals surface area contributed by atoms with Gasteiger partial charge in [-0.15, -0.1) is 0 Å². The molecule has 1 atom stereocenters. The maximum atomic E-state index is 13.6. The van der Waals surface area contributed by atoms with E-state index < -0.39 is 6.04 Å². The van der Waals surface area contributed by atoms with E-state index in [9.17, 15) is 8.78 Å². The molecule has 4 heteroatoms. The van der Waals surface area contributed by atoms with Gasteiger partial charge in [0.1, 0.15) is 11.6 Å². The van der Waals surface area contributed by atoms with E-state index in [1.165, 1.54) is 12.1 Å². The molecular weight excluding hydrogens is 258 g/mol. The maximum Gasteiger partial charge on any atom is 0.146 e. The van der Waals surface area contributed by atoms with Crippen molar-refractivity contribution in [3.05, 3.63) is 65.7 Å². The quantitative estimate of drug-likeness (QED) is 0.905. The van der Waals surface area contributed by atoms with Crippen LogP contribution in [-0.4, -0.2) is 13.6 Å². The summed E-state index contributed by atoms with van der Waals surface area (Å²) in [7, 11) is 1.80. The van der Waals surface area contributed by atoms with Gasteiger partial charge >= 0.3 is 0 Å². The molecule has 0 aliphatic heterocycles. The molecule has 2 nitrogen and oxygen atoms in total. The third-order valence-electron chi connectivity index (χ3n) is 3.34. The van der Waals surface area contributed by atoms with Gasteiger partial charge in [0, 0.05) is 25.2 Å². The topological polar surface area (TPSA) is 29.3 Å². The van der Waals surface area contributed by atoms with Crippen molar-refractivity contribution in [2.45, 2.75) is 12.5 Å². The van der Waals surface area contributed by atoms with Gasteiger partial charge in [-0.05, 0) is 24.6 Å². The first kappa shape index (κ1) is 14.5. The van der Waals surface area contributed by atoms with Crippen molar-refractivity contribution < 1.29 is 8.78 Å². The van der Waals surface area contributed by atoms with Crippen molar-refractivity contribution in [2.24, 2.45) is 5.73 Å². The van der Waals surface area contributed by atoms with Crippen LogP contribution in [0.15, 0.2) is 48.5 Å². The molecule has 0 aliphatic carbocycles. The summed E-state index contributed by atoms with van der Waals surface area (Å²) in [6, 6.07) is 12.6. The fourth-order valence-electron chi connectivity index (χ4n) is 2.15. The predicted molar refractivity (Wildman–Crippen MR) is 77.6 cm³/mol. The number of anilines is 1. The molecule has 2 aromatic carbocycles. The van der Waals surface area contributed by atoms with Crippen LogP contribution in [0.25, 0.3) is 0 Å². The van der Waals surface area contributed by atoms with Crippen molar-refractivity contribution in [1.29, 1.82) is 0 Å². The zero-order chi connectivity index (χ0) is 14.5. The molecule has 0 spiro atoms. The SMILES string of the molecule is CN(CCC(N)c1ccccc1F)c1ccccc1F. The number of nitrogens with zero attached hydrogens (tertiary/aromatic N) is 1. The number of benzene rings is 2. The first-order chi connectivity index (χ1) is 9.59. The standard InChI is InChI=1S/C16H18F2N2/c1-20(16-9-5-4-8-14(16)18)11-10-15(19)12-6-2-3-7-13(12)17/h2-9,15H,10-11,19H2,1H3. The summed E-state index contributed by atoms with van der Waals surface area (Å²) in [4.78, 5) is 1.79. The zero-order valence-corrected chi connectivity index (χ0v) is 11.4. The molecule has 0 amide bonds. The molecular formula is C16H18F2N2. The molecule has 106 valence electrons. The van der Waals surface area contributed by atoms with Crippen LogP contribution in [0.5, 0.6) is 0 Å². The van der Waals surface area contributed by atoms with E-state index in [1.807, 2.05) is 0 Å². The monoisotopic (exact) mass is 276 g/mol. The van der Waals surface area contributed by atoms with Crippen molar-refractivity contribution >= 4 is 5.69 Å². The average molecular weight is 276 g/mol. The van der Waals surface area contributed by atoms with Crippen LogP contribution in [0.3, 0.4) is 0 Å². The Balaban J connectivity index is 1.99. The minimum absolute atomic E-state index is 0.269. The van der Waals surface area contributed by atoms with Crippen molar-refractivity contribution in [1.82, 2.24) is 0 Å². The third-order valence-corrected chi connectivity index (χ3v) is 3.34. The maximum absolute atomic E-state index is 13.6. The summed E-state index contributed by atoms with van der Waals surface area (Å²) >= 11 is 0. The summed E-state index contributed by atoms with van der Waals surface area (Å²) in [5, 5.41) is 0. The molecule has 0 radical (unpaired) electrons. The number of rotatable bonds is 5. The lowest BCUT2D eigenvalue weighted by Crippen LogP contribution is -2.24. The zero-order valence-electron chi connectivity index (χ0n) is 11.4. The van der Waals surface area contributed by atoms with Gasteiger partial charge in [-0.2, -0.15) is 0 Å². The van der Waals surface area contributed by atoms with E-state index in [-0.39, 0.29) is 11.6 Å². The molecule has 2 rings (SSSR count). The minimum Gasteiger partial charge on any atom is -0.372 e. The highest BCUT2D eigenvalue weighted by atomic mass is 19.1. The average Bonchev–Trinajstić information content (AvgIpc) is 2.45. The summed E-state index contributed by atoms with van der Waals surface area (Å²) in [5.41, 5.74) is 7.02. The summed E-state index contributed by atoms with van der Waals surface area (Å²) in [5.74, 6) is -0.567. The summed E-state index contributed by atoms with van der Waals surface area (Å²) < 4.78 is 27.2. The highest BCUT2D eigenvalue weighted by Gasteiger charge is 2.13. The fraction of sp³-hybridized carbons (Fsp3) is 0.250. The number of halogens is 2. The van der Waals surface area contributed by atoms with Crippen LogP contribution < -0.4 is 10.6 Å². The molecule has 0 fully saturated rings. The second kappa shape index (κ2) is 6.48. The number of hydrogen-bond donors (Lipinski definition) is 1. The van der Waals surface area contributed by atoms with Crippen molar-refractivity contribution in [3.8, 4) is 0 Å². The molecule has 2 N–H and O–H groups in total. The van der Waals surface area contributed by atoms with E-state index in [1.54, 1.807) is 48.3 Å². The van der Waals surface area contributed by atoms with Gasteiger partial charge in [0.15, 0.2) is 0 Å². The Morgan fingerprint density at radius 1 is 1.00 bits per heavy atom. The second-order valence-electron chi connectivity index (χ2n) is 4.79. The van der Waals surface area contributed by atoms with Gasteiger partial charge in [0.05, 0.1) is 5.69 Å². The molecule has 0 aliphatic rings. The molecule has 1 unspecified atom stereocenters. The van der Waals surface area contributed by atoms with Crippen molar-refractivity contribution in [3.63, 3.8) is 0 Å². The number of hydrogen-bond acceptors (Lipinski definition) is 2. The van der Waals surface area contributed by atoms with E-state index in [4.69, 9.17) is 5.73 Å². The molecule has 2 aromatic rings. The van der Waals surface area contributed by atoms with Gasteiger partial charge in [0.25, 0.3) is 0 Å². The molecule has 20 heavy (non-hydrogen) atoms. The molecule has 0 saturated heterocycles. The van der Waals surface area contributed by atoms with Crippen LogP contribution in [0.4, 0.5) is 14.5 Å². The van der Waals surface area contributed by atoms with Crippen LogP contribution in [0.2, 0.25) is 0 Å². The molecule has 0 bridgehead atoms. The highest BCUT2D eigenvalue weighted by molar-refractivity contribution is 5.46. The van der Waals surface area contributed by atoms with Gasteiger partial charge in [-0.25, -0.2) is 8.78 Å². The Morgan fingerprint density at radius 3 is 2.25 bits per heavy atom. The fourth-order valence-corrected chi connectivity index (χ4v) is 2.15. The van der Waals surface area contributed by atoms with Gasteiger partial charge < -0.3 is 10.6 Å². The Morgan fingerprint density at radius 2 is 1.60 bits per heavy atom. The van der Waals surface area contributed by atoms with Gasteiger partial charge in [-0.1, -0.05) is 30.3 Å². The summed E-state index contributed by atoms with van der Waals surface area (Å²) in [6.45, 7) is 0.552. The van der Waals surface area contributed by atoms with E-state index in [0.29, 0.717) is 24.2 Å². The van der Waals surface area contributed by atoms with Crippen LogP contribution >= 0.6 is 0 Å². The van der Waals surface area contributed by atoms with Crippen LogP contribution in [-0.2, 0) is 0 Å².